The molecule has 0 atom stereocenters. The number of hydrogen-bond donors (Lipinski definition) is 1. The lowest BCUT2D eigenvalue weighted by atomic mass is 10.2. The van der Waals surface area contributed by atoms with Crippen LogP contribution in [-0.4, -0.2) is 5.11 Å². The van der Waals surface area contributed by atoms with E-state index in [9.17, 15) is 5.11 Å². The quantitative estimate of drug-likeness (QED) is 0.622. The molecule has 0 bridgehead atoms. The molecule has 2 aromatic rings. The van der Waals surface area contributed by atoms with E-state index < -0.39 is 0 Å². The molecule has 1 aromatic heterocycles. The first-order valence-electron chi connectivity index (χ1n) is 3.69. The number of rotatable bonds is 1. The van der Waals surface area contributed by atoms with Gasteiger partial charge >= 0.3 is 0 Å². The maximum atomic E-state index is 9.79. The minimum absolute atomic E-state index is 0.347. The van der Waals surface area contributed by atoms with Crippen LogP contribution in [0.5, 0.6) is 5.75 Å². The molecule has 0 spiro atoms. The van der Waals surface area contributed by atoms with Gasteiger partial charge in [0, 0.05) is 13.7 Å². The zero-order chi connectivity index (χ0) is 9.42. The maximum absolute atomic E-state index is 9.79. The Bertz CT molecular complexity index is 452. The second kappa shape index (κ2) is 3.63. The van der Waals surface area contributed by atoms with E-state index in [4.69, 9.17) is 11.6 Å². The van der Waals surface area contributed by atoms with Crippen LogP contribution in [0.15, 0.2) is 18.2 Å². The zero-order valence-electron chi connectivity index (χ0n) is 6.55. The molecule has 1 heterocycles. The Balaban J connectivity index is 2.85. The third-order valence-electron chi connectivity index (χ3n) is 1.83. The predicted molar refractivity (Wildman–Crippen MR) is 65.8 cm³/mol. The lowest BCUT2D eigenvalue weighted by Gasteiger charge is -1.94. The molecule has 0 aliphatic carbocycles. The van der Waals surface area contributed by atoms with Crippen molar-refractivity contribution in [1.82, 2.24) is 0 Å². The molecule has 4 heteroatoms. The minimum Gasteiger partial charge on any atom is -0.506 e. The molecule has 13 heavy (non-hydrogen) atoms. The van der Waals surface area contributed by atoms with Gasteiger partial charge in [-0.05, 0) is 34.7 Å². The van der Waals surface area contributed by atoms with Crippen LogP contribution in [0, 0.1) is 3.57 Å². The van der Waals surface area contributed by atoms with E-state index in [1.165, 1.54) is 0 Å². The molecule has 0 amide bonds. The minimum atomic E-state index is 0.347. The number of hydrogen-bond acceptors (Lipinski definition) is 2. The highest BCUT2D eigenvalue weighted by molar-refractivity contribution is 14.1. The van der Waals surface area contributed by atoms with Crippen LogP contribution in [0.4, 0.5) is 0 Å². The Labute approximate surface area is 98.5 Å². The number of benzene rings is 1. The van der Waals surface area contributed by atoms with E-state index >= 15 is 0 Å². The summed E-state index contributed by atoms with van der Waals surface area (Å²) >= 11 is 9.47. The Morgan fingerprint density at radius 3 is 2.85 bits per heavy atom. The summed E-state index contributed by atoms with van der Waals surface area (Å²) in [5.74, 6) is 0.723. The van der Waals surface area contributed by atoms with Crippen molar-refractivity contribution in [3.05, 3.63) is 26.6 Å². The zero-order valence-corrected chi connectivity index (χ0v) is 10.3. The summed E-state index contributed by atoms with van der Waals surface area (Å²) in [5, 5.41) is 10.7. The van der Waals surface area contributed by atoms with E-state index in [1.807, 2.05) is 18.2 Å². The lowest BCUT2D eigenvalue weighted by Crippen LogP contribution is -1.72. The molecule has 0 saturated carbocycles. The highest BCUT2D eigenvalue weighted by Crippen LogP contribution is 2.39. The van der Waals surface area contributed by atoms with E-state index in [-0.39, 0.29) is 0 Å². The molecule has 1 aromatic carbocycles. The second-order valence-corrected chi connectivity index (χ2v) is 5.19. The third-order valence-corrected chi connectivity index (χ3v) is 4.30. The van der Waals surface area contributed by atoms with Crippen LogP contribution in [0.2, 0.25) is 0 Å². The summed E-state index contributed by atoms with van der Waals surface area (Å²) in [7, 11) is 0. The number of alkyl halides is 1. The van der Waals surface area contributed by atoms with E-state index in [0.29, 0.717) is 11.6 Å². The first-order valence-corrected chi connectivity index (χ1v) is 6.12. The lowest BCUT2D eigenvalue weighted by molar-refractivity contribution is 0.479. The summed E-state index contributed by atoms with van der Waals surface area (Å²) in [6.45, 7) is 0. The summed E-state index contributed by atoms with van der Waals surface area (Å²) in [6.07, 6.45) is 0. The van der Waals surface area contributed by atoms with Crippen LogP contribution in [0.3, 0.4) is 0 Å². The van der Waals surface area contributed by atoms with Crippen molar-refractivity contribution < 1.29 is 5.11 Å². The fourth-order valence-electron chi connectivity index (χ4n) is 1.23. The summed E-state index contributed by atoms with van der Waals surface area (Å²) in [5.41, 5.74) is 0. The van der Waals surface area contributed by atoms with Gasteiger partial charge in [0.15, 0.2) is 0 Å². The molecular formula is C9H6ClIOS. The second-order valence-electron chi connectivity index (χ2n) is 2.62. The van der Waals surface area contributed by atoms with Crippen molar-refractivity contribution >= 4 is 55.6 Å². The molecule has 1 nitrogen and oxygen atoms in total. The summed E-state index contributed by atoms with van der Waals surface area (Å²) in [6, 6.07) is 5.96. The predicted octanol–water partition coefficient (Wildman–Crippen LogP) is 3.95. The number of fused-ring (bicyclic) bond motifs is 1. The first kappa shape index (κ1) is 9.55. The molecule has 0 aliphatic rings. The van der Waals surface area contributed by atoms with Gasteiger partial charge < -0.3 is 5.11 Å². The van der Waals surface area contributed by atoms with Crippen LogP contribution >= 0.6 is 45.5 Å². The monoisotopic (exact) mass is 324 g/mol. The largest absolute Gasteiger partial charge is 0.506 e. The Kier molecular flexibility index (Phi) is 2.67. The van der Waals surface area contributed by atoms with Crippen molar-refractivity contribution in [2.24, 2.45) is 0 Å². The van der Waals surface area contributed by atoms with Gasteiger partial charge in [0.05, 0.1) is 10.8 Å². The Morgan fingerprint density at radius 1 is 1.46 bits per heavy atom. The van der Waals surface area contributed by atoms with Gasteiger partial charge in [-0.2, -0.15) is 0 Å². The van der Waals surface area contributed by atoms with Crippen molar-refractivity contribution in [3.63, 3.8) is 0 Å². The van der Waals surface area contributed by atoms with E-state index in [1.54, 1.807) is 11.3 Å². The smallest absolute Gasteiger partial charge is 0.139 e. The molecular weight excluding hydrogens is 319 g/mol. The third kappa shape index (κ3) is 1.53. The van der Waals surface area contributed by atoms with Crippen molar-refractivity contribution in [2.45, 2.75) is 5.88 Å². The average molecular weight is 325 g/mol. The van der Waals surface area contributed by atoms with Gasteiger partial charge in [-0.25, -0.2) is 0 Å². The topological polar surface area (TPSA) is 20.2 Å². The first-order chi connectivity index (χ1) is 6.24. The average Bonchev–Trinajstić information content (AvgIpc) is 2.44. The van der Waals surface area contributed by atoms with E-state index in [2.05, 4.69) is 22.6 Å². The SMILES string of the molecule is Oc1c(CCl)sc2cccc(I)c12. The van der Waals surface area contributed by atoms with E-state index in [0.717, 1.165) is 18.5 Å². The number of thiophene rings is 1. The number of aromatic hydroxyl groups is 1. The molecule has 68 valence electrons. The van der Waals surface area contributed by atoms with Crippen LogP contribution in [0.1, 0.15) is 4.88 Å². The number of halogens is 2. The molecule has 0 saturated heterocycles. The summed E-state index contributed by atoms with van der Waals surface area (Å²) < 4.78 is 2.17. The fourth-order valence-corrected chi connectivity index (χ4v) is 3.43. The maximum Gasteiger partial charge on any atom is 0.139 e. The standard InChI is InChI=1S/C9H6ClIOS/c10-4-7-9(12)8-5(11)2-1-3-6(8)13-7/h1-3,12H,4H2. The molecule has 0 aliphatic heterocycles. The molecule has 1 N–H and O–H groups in total. The van der Waals surface area contributed by atoms with Gasteiger partial charge in [-0.15, -0.1) is 22.9 Å². The molecule has 0 fully saturated rings. The summed E-state index contributed by atoms with van der Waals surface area (Å²) in [4.78, 5) is 0.848. The Hall–Kier alpha value is -0.000000000000000111. The van der Waals surface area contributed by atoms with Gasteiger partial charge in [0.2, 0.25) is 0 Å². The van der Waals surface area contributed by atoms with Gasteiger partial charge in [-0.1, -0.05) is 6.07 Å². The molecule has 0 unspecified atom stereocenters. The molecule has 2 rings (SSSR count). The fraction of sp³-hybridized carbons (Fsp3) is 0.111. The highest BCUT2D eigenvalue weighted by atomic mass is 127. The van der Waals surface area contributed by atoms with Crippen LogP contribution in [-0.2, 0) is 5.88 Å². The Morgan fingerprint density at radius 2 is 2.23 bits per heavy atom. The molecule has 0 radical (unpaired) electrons. The van der Waals surface area contributed by atoms with Crippen LogP contribution in [0.25, 0.3) is 10.1 Å². The van der Waals surface area contributed by atoms with Crippen LogP contribution < -0.4 is 0 Å². The normalized spacial score (nSPS) is 10.9. The van der Waals surface area contributed by atoms with Crippen molar-refractivity contribution in [2.75, 3.05) is 0 Å². The van der Waals surface area contributed by atoms with Gasteiger partial charge in [0.25, 0.3) is 0 Å². The van der Waals surface area contributed by atoms with Gasteiger partial charge in [-0.3, -0.25) is 0 Å². The van der Waals surface area contributed by atoms with Crippen molar-refractivity contribution in [3.8, 4) is 5.75 Å². The highest BCUT2D eigenvalue weighted by Gasteiger charge is 2.11. The van der Waals surface area contributed by atoms with Gasteiger partial charge in [0.1, 0.15) is 5.75 Å². The van der Waals surface area contributed by atoms with Crippen molar-refractivity contribution in [1.29, 1.82) is 0 Å².